The number of fused-ring (bicyclic) bond motifs is 1. The van der Waals surface area contributed by atoms with E-state index in [4.69, 9.17) is 11.6 Å². The van der Waals surface area contributed by atoms with Gasteiger partial charge in [-0.2, -0.15) is 0 Å². The minimum absolute atomic E-state index is 0.779. The standard InChI is InChI=1S/C16H21ClN2/c1-13-12-16(18-11-7-3-2-6-10-17)14-8-4-5-9-15(14)19-13/h4-5,8-9,12H,2-3,6-7,10-11H2,1H3,(H,18,19). The zero-order valence-corrected chi connectivity index (χ0v) is 12.2. The molecule has 1 aromatic carbocycles. The number of aromatic nitrogens is 1. The number of nitrogens with zero attached hydrogens (tertiary/aromatic N) is 1. The summed E-state index contributed by atoms with van der Waals surface area (Å²) in [5, 5.41) is 4.74. The van der Waals surface area contributed by atoms with Gasteiger partial charge in [0.2, 0.25) is 0 Å². The van der Waals surface area contributed by atoms with Crippen LogP contribution in [-0.2, 0) is 0 Å². The van der Waals surface area contributed by atoms with E-state index in [2.05, 4.69) is 34.6 Å². The van der Waals surface area contributed by atoms with Gasteiger partial charge in [-0.25, -0.2) is 0 Å². The lowest BCUT2D eigenvalue weighted by Gasteiger charge is -2.10. The van der Waals surface area contributed by atoms with Gasteiger partial charge in [-0.3, -0.25) is 4.98 Å². The van der Waals surface area contributed by atoms with Crippen molar-refractivity contribution in [1.29, 1.82) is 0 Å². The average Bonchev–Trinajstić information content (AvgIpc) is 2.42. The summed E-state index contributed by atoms with van der Waals surface area (Å²) in [5.41, 5.74) is 3.32. The van der Waals surface area contributed by atoms with Gasteiger partial charge >= 0.3 is 0 Å². The van der Waals surface area contributed by atoms with E-state index >= 15 is 0 Å². The number of anilines is 1. The molecule has 0 radical (unpaired) electrons. The van der Waals surface area contributed by atoms with E-state index in [0.717, 1.165) is 30.1 Å². The monoisotopic (exact) mass is 276 g/mol. The predicted octanol–water partition coefficient (Wildman–Crippen LogP) is 4.75. The van der Waals surface area contributed by atoms with Crippen LogP contribution in [-0.4, -0.2) is 17.4 Å². The Hall–Kier alpha value is -1.28. The molecule has 1 heterocycles. The van der Waals surface area contributed by atoms with Crippen LogP contribution in [0.5, 0.6) is 0 Å². The third kappa shape index (κ3) is 4.10. The van der Waals surface area contributed by atoms with Crippen molar-refractivity contribution in [3.05, 3.63) is 36.0 Å². The molecule has 0 unspecified atom stereocenters. The van der Waals surface area contributed by atoms with E-state index in [9.17, 15) is 0 Å². The van der Waals surface area contributed by atoms with Crippen LogP contribution in [0.1, 0.15) is 31.4 Å². The number of rotatable bonds is 7. The van der Waals surface area contributed by atoms with Crippen LogP contribution in [0.15, 0.2) is 30.3 Å². The third-order valence-corrected chi connectivity index (χ3v) is 3.49. The molecular weight excluding hydrogens is 256 g/mol. The van der Waals surface area contributed by atoms with Crippen molar-refractivity contribution in [1.82, 2.24) is 4.98 Å². The van der Waals surface area contributed by atoms with Gasteiger partial charge in [0, 0.05) is 29.2 Å². The fraction of sp³-hybridized carbons (Fsp3) is 0.438. The number of unbranched alkanes of at least 4 members (excludes halogenated alkanes) is 3. The topological polar surface area (TPSA) is 24.9 Å². The smallest absolute Gasteiger partial charge is 0.0725 e. The molecule has 0 aliphatic heterocycles. The second kappa shape index (κ2) is 7.34. The lowest BCUT2D eigenvalue weighted by molar-refractivity contribution is 0.688. The molecule has 1 N–H and O–H groups in total. The van der Waals surface area contributed by atoms with Crippen molar-refractivity contribution in [3.63, 3.8) is 0 Å². The Bertz CT molecular complexity index is 525. The highest BCUT2D eigenvalue weighted by Crippen LogP contribution is 2.22. The molecule has 0 spiro atoms. The first-order valence-corrected chi connectivity index (χ1v) is 7.51. The summed E-state index contributed by atoms with van der Waals surface area (Å²) in [6.45, 7) is 3.05. The Kier molecular flexibility index (Phi) is 5.46. The molecule has 0 amide bonds. The summed E-state index contributed by atoms with van der Waals surface area (Å²) < 4.78 is 0. The molecule has 2 aromatic rings. The van der Waals surface area contributed by atoms with Crippen LogP contribution in [0.4, 0.5) is 5.69 Å². The van der Waals surface area contributed by atoms with Gasteiger partial charge in [-0.15, -0.1) is 11.6 Å². The van der Waals surface area contributed by atoms with Crippen LogP contribution in [0, 0.1) is 6.92 Å². The Morgan fingerprint density at radius 2 is 1.89 bits per heavy atom. The first-order chi connectivity index (χ1) is 9.31. The van der Waals surface area contributed by atoms with Crippen LogP contribution in [0.3, 0.4) is 0 Å². The van der Waals surface area contributed by atoms with Gasteiger partial charge in [0.25, 0.3) is 0 Å². The van der Waals surface area contributed by atoms with E-state index in [1.54, 1.807) is 0 Å². The molecule has 0 saturated carbocycles. The molecule has 3 heteroatoms. The van der Waals surface area contributed by atoms with Crippen molar-refractivity contribution in [2.45, 2.75) is 32.6 Å². The summed E-state index contributed by atoms with van der Waals surface area (Å²) >= 11 is 5.67. The van der Waals surface area contributed by atoms with Gasteiger partial charge < -0.3 is 5.32 Å². The summed E-state index contributed by atoms with van der Waals surface area (Å²) in [6.07, 6.45) is 4.77. The average molecular weight is 277 g/mol. The molecule has 0 atom stereocenters. The molecule has 0 aliphatic rings. The number of aryl methyl sites for hydroxylation is 1. The lowest BCUT2D eigenvalue weighted by atomic mass is 10.1. The normalized spacial score (nSPS) is 10.8. The maximum absolute atomic E-state index is 5.67. The molecule has 102 valence electrons. The van der Waals surface area contributed by atoms with Crippen molar-refractivity contribution < 1.29 is 0 Å². The van der Waals surface area contributed by atoms with Gasteiger partial charge in [-0.1, -0.05) is 31.0 Å². The molecule has 2 rings (SSSR count). The second-order valence-electron chi connectivity index (χ2n) is 4.86. The predicted molar refractivity (Wildman–Crippen MR) is 84.2 cm³/mol. The molecular formula is C16H21ClN2. The number of hydrogen-bond donors (Lipinski definition) is 1. The van der Waals surface area contributed by atoms with Crippen molar-refractivity contribution in [3.8, 4) is 0 Å². The summed E-state index contributed by atoms with van der Waals surface area (Å²) in [7, 11) is 0. The number of pyridine rings is 1. The van der Waals surface area contributed by atoms with Crippen molar-refractivity contribution in [2.24, 2.45) is 0 Å². The highest BCUT2D eigenvalue weighted by atomic mass is 35.5. The van der Waals surface area contributed by atoms with E-state index in [1.807, 2.05) is 13.0 Å². The largest absolute Gasteiger partial charge is 0.384 e. The Morgan fingerprint density at radius 3 is 2.74 bits per heavy atom. The SMILES string of the molecule is Cc1cc(NCCCCCCCl)c2ccccc2n1. The fourth-order valence-electron chi connectivity index (χ4n) is 2.25. The summed E-state index contributed by atoms with van der Waals surface area (Å²) in [4.78, 5) is 4.55. The molecule has 0 saturated heterocycles. The minimum Gasteiger partial charge on any atom is -0.384 e. The molecule has 2 nitrogen and oxygen atoms in total. The summed E-state index contributed by atoms with van der Waals surface area (Å²) in [6, 6.07) is 10.4. The van der Waals surface area contributed by atoms with Crippen LogP contribution in [0.2, 0.25) is 0 Å². The van der Waals surface area contributed by atoms with Crippen LogP contribution < -0.4 is 5.32 Å². The van der Waals surface area contributed by atoms with Crippen LogP contribution in [0.25, 0.3) is 10.9 Å². The molecule has 0 fully saturated rings. The third-order valence-electron chi connectivity index (χ3n) is 3.22. The van der Waals surface area contributed by atoms with E-state index in [1.165, 1.54) is 30.3 Å². The van der Waals surface area contributed by atoms with Gasteiger partial charge in [0.05, 0.1) is 5.52 Å². The minimum atomic E-state index is 0.779. The maximum atomic E-state index is 5.67. The van der Waals surface area contributed by atoms with Crippen molar-refractivity contribution >= 4 is 28.2 Å². The Labute approximate surface area is 120 Å². The van der Waals surface area contributed by atoms with Gasteiger partial charge in [-0.05, 0) is 31.9 Å². The van der Waals surface area contributed by atoms with E-state index < -0.39 is 0 Å². The number of nitrogens with one attached hydrogen (secondary N) is 1. The van der Waals surface area contributed by atoms with E-state index in [0.29, 0.717) is 0 Å². The Balaban J connectivity index is 1.96. The summed E-state index contributed by atoms with van der Waals surface area (Å²) in [5.74, 6) is 0.779. The molecule has 0 bridgehead atoms. The van der Waals surface area contributed by atoms with Crippen molar-refractivity contribution in [2.75, 3.05) is 17.7 Å². The number of alkyl halides is 1. The maximum Gasteiger partial charge on any atom is 0.0725 e. The van der Waals surface area contributed by atoms with Gasteiger partial charge in [0.1, 0.15) is 0 Å². The zero-order valence-electron chi connectivity index (χ0n) is 11.5. The fourth-order valence-corrected chi connectivity index (χ4v) is 2.44. The Morgan fingerprint density at radius 1 is 1.11 bits per heavy atom. The molecule has 19 heavy (non-hydrogen) atoms. The zero-order chi connectivity index (χ0) is 13.5. The number of benzene rings is 1. The second-order valence-corrected chi connectivity index (χ2v) is 5.24. The number of hydrogen-bond acceptors (Lipinski definition) is 2. The number of para-hydroxylation sites is 1. The first-order valence-electron chi connectivity index (χ1n) is 6.97. The number of halogens is 1. The van der Waals surface area contributed by atoms with Crippen LogP contribution >= 0.6 is 11.6 Å². The lowest BCUT2D eigenvalue weighted by Crippen LogP contribution is -2.03. The van der Waals surface area contributed by atoms with E-state index in [-0.39, 0.29) is 0 Å². The first kappa shape index (κ1) is 14.1. The quantitative estimate of drug-likeness (QED) is 0.583. The molecule has 0 aliphatic carbocycles. The highest BCUT2D eigenvalue weighted by molar-refractivity contribution is 6.17. The van der Waals surface area contributed by atoms with Gasteiger partial charge in [0.15, 0.2) is 0 Å². The highest BCUT2D eigenvalue weighted by Gasteiger charge is 2.02. The molecule has 1 aromatic heterocycles.